The molecule has 138 valence electrons. The fraction of sp³-hybridized carbons (Fsp3) is 0.429. The van der Waals surface area contributed by atoms with Crippen LogP contribution in [0.15, 0.2) is 18.3 Å². The number of carbonyl (C=O) groups is 1. The number of aryl methyl sites for hydroxylation is 5. The minimum atomic E-state index is 0.124. The van der Waals surface area contributed by atoms with Crippen LogP contribution in [0.1, 0.15) is 40.6 Å². The van der Waals surface area contributed by atoms with Crippen LogP contribution in [0, 0.1) is 27.7 Å². The molecule has 0 spiro atoms. The Morgan fingerprint density at radius 2 is 1.88 bits per heavy atom. The number of aromatic amines is 1. The van der Waals surface area contributed by atoms with Crippen LogP contribution in [0.2, 0.25) is 0 Å². The molecule has 5 nitrogen and oxygen atoms in total. The van der Waals surface area contributed by atoms with Crippen molar-refractivity contribution in [1.29, 1.82) is 0 Å². The molecule has 0 unspecified atom stereocenters. The number of benzene rings is 1. The summed E-state index contributed by atoms with van der Waals surface area (Å²) < 4.78 is 1.92. The average Bonchev–Trinajstić information content (AvgIpc) is 3.12. The Hall–Kier alpha value is -2.56. The van der Waals surface area contributed by atoms with Gasteiger partial charge in [-0.1, -0.05) is 12.1 Å². The largest absolute Gasteiger partial charge is 0.358 e. The Morgan fingerprint density at radius 1 is 1.19 bits per heavy atom. The number of nitrogens with zero attached hydrogens (tertiary/aromatic N) is 3. The Labute approximate surface area is 155 Å². The SMILES string of the molecule is CCn1cc(CN(C)C(=O)Cc2c(C)[nH]c3c(C)ccc(C)c23)c(C)n1. The molecule has 1 amide bonds. The number of fused-ring (bicyclic) bond motifs is 1. The van der Waals surface area contributed by atoms with Crippen molar-refractivity contribution in [2.75, 3.05) is 7.05 Å². The summed E-state index contributed by atoms with van der Waals surface area (Å²) in [5.74, 6) is 0.124. The van der Waals surface area contributed by atoms with Gasteiger partial charge in [0.05, 0.1) is 12.1 Å². The number of aromatic nitrogens is 3. The number of rotatable bonds is 5. The molecule has 1 aromatic carbocycles. The van der Waals surface area contributed by atoms with Gasteiger partial charge < -0.3 is 9.88 Å². The third-order valence-corrected chi connectivity index (χ3v) is 5.22. The normalized spacial score (nSPS) is 11.3. The van der Waals surface area contributed by atoms with Gasteiger partial charge in [0, 0.05) is 48.5 Å². The molecule has 0 atom stereocenters. The van der Waals surface area contributed by atoms with Crippen molar-refractivity contribution in [3.8, 4) is 0 Å². The van der Waals surface area contributed by atoms with E-state index in [1.165, 1.54) is 16.5 Å². The minimum Gasteiger partial charge on any atom is -0.358 e. The van der Waals surface area contributed by atoms with E-state index in [4.69, 9.17) is 0 Å². The molecule has 5 heteroatoms. The van der Waals surface area contributed by atoms with Gasteiger partial charge in [0.2, 0.25) is 5.91 Å². The maximum absolute atomic E-state index is 12.9. The predicted molar refractivity (Wildman–Crippen MR) is 105 cm³/mol. The summed E-state index contributed by atoms with van der Waals surface area (Å²) in [5.41, 5.74) is 7.84. The summed E-state index contributed by atoms with van der Waals surface area (Å²) in [6.07, 6.45) is 2.44. The van der Waals surface area contributed by atoms with E-state index in [2.05, 4.69) is 49.9 Å². The first-order chi connectivity index (χ1) is 12.3. The number of hydrogen-bond donors (Lipinski definition) is 1. The molecule has 0 aliphatic carbocycles. The molecule has 0 fully saturated rings. The van der Waals surface area contributed by atoms with Gasteiger partial charge in [-0.25, -0.2) is 0 Å². The molecule has 0 aliphatic heterocycles. The van der Waals surface area contributed by atoms with Crippen LogP contribution >= 0.6 is 0 Å². The van der Waals surface area contributed by atoms with Gasteiger partial charge >= 0.3 is 0 Å². The third kappa shape index (κ3) is 3.26. The fourth-order valence-corrected chi connectivity index (χ4v) is 3.54. The van der Waals surface area contributed by atoms with Crippen molar-refractivity contribution in [3.05, 3.63) is 52.0 Å². The molecule has 0 bridgehead atoms. The summed E-state index contributed by atoms with van der Waals surface area (Å²) in [6.45, 7) is 11.7. The highest BCUT2D eigenvalue weighted by Gasteiger charge is 2.18. The smallest absolute Gasteiger partial charge is 0.227 e. The second kappa shape index (κ2) is 6.98. The first-order valence-corrected chi connectivity index (χ1v) is 9.16. The highest BCUT2D eigenvalue weighted by Crippen LogP contribution is 2.28. The van der Waals surface area contributed by atoms with E-state index in [0.717, 1.165) is 34.6 Å². The predicted octanol–water partition coefficient (Wildman–Crippen LogP) is 3.82. The van der Waals surface area contributed by atoms with E-state index >= 15 is 0 Å². The molecule has 0 saturated heterocycles. The monoisotopic (exact) mass is 352 g/mol. The number of H-pyrrole nitrogens is 1. The highest BCUT2D eigenvalue weighted by atomic mass is 16.2. The van der Waals surface area contributed by atoms with Crippen LogP contribution in [0.25, 0.3) is 10.9 Å². The molecular weight excluding hydrogens is 324 g/mol. The quantitative estimate of drug-likeness (QED) is 0.759. The molecule has 2 aromatic heterocycles. The van der Waals surface area contributed by atoms with Crippen molar-refractivity contribution in [1.82, 2.24) is 19.7 Å². The van der Waals surface area contributed by atoms with Crippen molar-refractivity contribution < 1.29 is 4.79 Å². The third-order valence-electron chi connectivity index (χ3n) is 5.22. The van der Waals surface area contributed by atoms with Crippen LogP contribution in [-0.4, -0.2) is 32.6 Å². The lowest BCUT2D eigenvalue weighted by Gasteiger charge is -2.17. The molecule has 3 rings (SSSR count). The van der Waals surface area contributed by atoms with Crippen molar-refractivity contribution in [3.63, 3.8) is 0 Å². The van der Waals surface area contributed by atoms with E-state index in [9.17, 15) is 4.79 Å². The topological polar surface area (TPSA) is 53.9 Å². The molecule has 2 heterocycles. The maximum Gasteiger partial charge on any atom is 0.227 e. The fourth-order valence-electron chi connectivity index (χ4n) is 3.54. The first kappa shape index (κ1) is 18.2. The maximum atomic E-state index is 12.9. The van der Waals surface area contributed by atoms with Gasteiger partial charge in [0.1, 0.15) is 0 Å². The summed E-state index contributed by atoms with van der Waals surface area (Å²) in [7, 11) is 1.87. The van der Waals surface area contributed by atoms with Crippen LogP contribution in [0.4, 0.5) is 0 Å². The molecular formula is C21H28N4O. The van der Waals surface area contributed by atoms with Gasteiger partial charge in [-0.15, -0.1) is 0 Å². The summed E-state index contributed by atoms with van der Waals surface area (Å²) >= 11 is 0. The minimum absolute atomic E-state index is 0.124. The van der Waals surface area contributed by atoms with Crippen LogP contribution in [0.5, 0.6) is 0 Å². The van der Waals surface area contributed by atoms with Crippen LogP contribution < -0.4 is 0 Å². The zero-order valence-electron chi connectivity index (χ0n) is 16.6. The van der Waals surface area contributed by atoms with Gasteiger partial charge in [-0.2, -0.15) is 5.10 Å². The van der Waals surface area contributed by atoms with Crippen LogP contribution in [0.3, 0.4) is 0 Å². The summed E-state index contributed by atoms with van der Waals surface area (Å²) in [6, 6.07) is 4.25. The zero-order valence-corrected chi connectivity index (χ0v) is 16.6. The Kier molecular flexibility index (Phi) is 4.90. The molecule has 0 saturated carbocycles. The number of amides is 1. The van der Waals surface area contributed by atoms with E-state index in [1.54, 1.807) is 4.90 Å². The first-order valence-electron chi connectivity index (χ1n) is 9.16. The van der Waals surface area contributed by atoms with Gasteiger partial charge in [-0.05, 0) is 51.3 Å². The van der Waals surface area contributed by atoms with E-state index < -0.39 is 0 Å². The summed E-state index contributed by atoms with van der Waals surface area (Å²) in [5, 5.41) is 5.66. The van der Waals surface area contributed by atoms with E-state index in [-0.39, 0.29) is 5.91 Å². The van der Waals surface area contributed by atoms with Crippen LogP contribution in [-0.2, 0) is 24.3 Å². The number of hydrogen-bond acceptors (Lipinski definition) is 2. The molecule has 26 heavy (non-hydrogen) atoms. The molecule has 3 aromatic rings. The second-order valence-corrected chi connectivity index (χ2v) is 7.20. The number of carbonyl (C=O) groups excluding carboxylic acids is 1. The van der Waals surface area contributed by atoms with Crippen molar-refractivity contribution in [2.24, 2.45) is 0 Å². The lowest BCUT2D eigenvalue weighted by molar-refractivity contribution is -0.129. The Bertz CT molecular complexity index is 964. The lowest BCUT2D eigenvalue weighted by atomic mass is 10.0. The Morgan fingerprint density at radius 3 is 2.54 bits per heavy atom. The average molecular weight is 352 g/mol. The van der Waals surface area contributed by atoms with Gasteiger partial charge in [-0.3, -0.25) is 9.48 Å². The Balaban J connectivity index is 1.83. The molecule has 0 radical (unpaired) electrons. The van der Waals surface area contributed by atoms with Crippen molar-refractivity contribution >= 4 is 16.8 Å². The highest BCUT2D eigenvalue weighted by molar-refractivity contribution is 5.93. The molecule has 1 N–H and O–H groups in total. The zero-order chi connectivity index (χ0) is 19.0. The molecule has 0 aliphatic rings. The lowest BCUT2D eigenvalue weighted by Crippen LogP contribution is -2.28. The standard InChI is InChI=1S/C21H28N4O/c1-7-25-12-17(15(4)23-25)11-24(6)19(26)10-18-16(5)22-21-14(3)9-8-13(2)20(18)21/h8-9,12,22H,7,10-11H2,1-6H3. The van der Waals surface area contributed by atoms with Gasteiger partial charge in [0.15, 0.2) is 0 Å². The number of nitrogens with one attached hydrogen (secondary N) is 1. The van der Waals surface area contributed by atoms with E-state index in [1.807, 2.05) is 24.9 Å². The van der Waals surface area contributed by atoms with Gasteiger partial charge in [0.25, 0.3) is 0 Å². The number of likely N-dealkylation sites (N-methyl/N-ethyl adjacent to an activating group) is 1. The second-order valence-electron chi connectivity index (χ2n) is 7.20. The van der Waals surface area contributed by atoms with E-state index in [0.29, 0.717) is 13.0 Å². The summed E-state index contributed by atoms with van der Waals surface area (Å²) in [4.78, 5) is 18.1. The van der Waals surface area contributed by atoms with Crippen molar-refractivity contribution in [2.45, 2.75) is 54.1 Å².